The Morgan fingerprint density at radius 3 is 2.56 bits per heavy atom. The summed E-state index contributed by atoms with van der Waals surface area (Å²) in [5.74, 6) is 0.620. The van der Waals surface area contributed by atoms with Gasteiger partial charge in [-0.05, 0) is 6.42 Å². The molecule has 0 unspecified atom stereocenters. The molecule has 0 aliphatic rings. The minimum atomic E-state index is -0.304. The molecule has 2 aromatic heterocycles. The number of amides is 2. The van der Waals surface area contributed by atoms with Gasteiger partial charge in [0.05, 0.1) is 23.8 Å². The zero-order chi connectivity index (χ0) is 17.6. The van der Waals surface area contributed by atoms with Gasteiger partial charge in [-0.3, -0.25) is 4.68 Å². The average molecular weight is 336 g/mol. The lowest BCUT2D eigenvalue weighted by molar-refractivity contribution is 0.251. The van der Waals surface area contributed by atoms with Gasteiger partial charge in [0.25, 0.3) is 0 Å². The van der Waals surface area contributed by atoms with Gasteiger partial charge in [0.2, 0.25) is 0 Å². The van der Waals surface area contributed by atoms with E-state index < -0.39 is 0 Å². The van der Waals surface area contributed by atoms with E-state index in [0.29, 0.717) is 18.1 Å². The number of aromatic nitrogens is 4. The summed E-state index contributed by atoms with van der Waals surface area (Å²) in [5, 5.41) is 9.91. The van der Waals surface area contributed by atoms with Crippen molar-refractivity contribution in [1.29, 1.82) is 0 Å². The molecule has 0 spiro atoms. The smallest absolute Gasteiger partial charge is 0.319 e. The van der Waals surface area contributed by atoms with Gasteiger partial charge in [0.1, 0.15) is 0 Å². The van der Waals surface area contributed by atoms with Crippen molar-refractivity contribution in [3.8, 4) is 11.4 Å². The van der Waals surface area contributed by atoms with Gasteiger partial charge in [-0.15, -0.1) is 0 Å². The van der Waals surface area contributed by atoms with Crippen LogP contribution in [-0.4, -0.2) is 25.8 Å². The Morgan fingerprint density at radius 2 is 1.88 bits per heavy atom. The predicted octanol–water partition coefficient (Wildman–Crippen LogP) is 2.76. The van der Waals surface area contributed by atoms with E-state index in [9.17, 15) is 4.79 Å². The maximum Gasteiger partial charge on any atom is 0.319 e. The van der Waals surface area contributed by atoms with Gasteiger partial charge in [-0.2, -0.15) is 5.10 Å². The Labute approximate surface area is 146 Å². The highest BCUT2D eigenvalue weighted by Gasteiger charge is 2.08. The van der Waals surface area contributed by atoms with Crippen molar-refractivity contribution in [3.63, 3.8) is 0 Å². The van der Waals surface area contributed by atoms with Gasteiger partial charge < -0.3 is 10.6 Å². The molecule has 0 saturated heterocycles. The number of carbonyl (C=O) groups excluding carboxylic acids is 1. The summed E-state index contributed by atoms with van der Waals surface area (Å²) in [6.45, 7) is 2.46. The summed E-state index contributed by atoms with van der Waals surface area (Å²) in [5.41, 5.74) is 3.47. The highest BCUT2D eigenvalue weighted by atomic mass is 16.2. The molecule has 128 valence electrons. The normalized spacial score (nSPS) is 10.5. The second-order valence-electron chi connectivity index (χ2n) is 5.60. The minimum Gasteiger partial charge on any atom is -0.334 e. The molecule has 1 aromatic carbocycles. The van der Waals surface area contributed by atoms with Crippen molar-refractivity contribution in [3.05, 3.63) is 60.2 Å². The van der Waals surface area contributed by atoms with Gasteiger partial charge in [0.15, 0.2) is 5.82 Å². The van der Waals surface area contributed by atoms with E-state index in [4.69, 9.17) is 0 Å². The zero-order valence-electron chi connectivity index (χ0n) is 14.2. The van der Waals surface area contributed by atoms with E-state index in [-0.39, 0.29) is 6.03 Å². The lowest BCUT2D eigenvalue weighted by Gasteiger charge is -2.07. The molecule has 2 N–H and O–H groups in total. The van der Waals surface area contributed by atoms with E-state index >= 15 is 0 Å². The first-order chi connectivity index (χ1) is 12.2. The lowest BCUT2D eigenvalue weighted by Crippen LogP contribution is -2.28. The summed E-state index contributed by atoms with van der Waals surface area (Å²) < 4.78 is 1.75. The molecule has 2 heterocycles. The Morgan fingerprint density at radius 1 is 1.16 bits per heavy atom. The number of nitrogens with one attached hydrogen (secondary N) is 2. The van der Waals surface area contributed by atoms with E-state index in [1.807, 2.05) is 50.5 Å². The van der Waals surface area contributed by atoms with Crippen LogP contribution in [-0.2, 0) is 20.0 Å². The van der Waals surface area contributed by atoms with Crippen molar-refractivity contribution in [2.75, 3.05) is 5.32 Å². The van der Waals surface area contributed by atoms with Crippen molar-refractivity contribution in [1.82, 2.24) is 25.1 Å². The first-order valence-electron chi connectivity index (χ1n) is 8.09. The number of carbonyl (C=O) groups is 1. The third-order valence-corrected chi connectivity index (χ3v) is 3.71. The van der Waals surface area contributed by atoms with E-state index in [1.165, 1.54) is 0 Å². The van der Waals surface area contributed by atoms with E-state index in [2.05, 4.69) is 25.7 Å². The number of nitrogens with zero attached hydrogens (tertiary/aromatic N) is 4. The summed E-state index contributed by atoms with van der Waals surface area (Å²) in [7, 11) is 1.87. The number of aryl methyl sites for hydroxylation is 2. The van der Waals surface area contributed by atoms with Crippen molar-refractivity contribution in [2.24, 2.45) is 7.05 Å². The minimum absolute atomic E-state index is 0.304. The van der Waals surface area contributed by atoms with E-state index in [1.54, 1.807) is 17.1 Å². The molecule has 7 nitrogen and oxygen atoms in total. The first kappa shape index (κ1) is 16.6. The Hall–Kier alpha value is -3.22. The first-order valence-corrected chi connectivity index (χ1v) is 8.09. The quantitative estimate of drug-likeness (QED) is 0.750. The van der Waals surface area contributed by atoms with Crippen LogP contribution in [0, 0.1) is 0 Å². The summed E-state index contributed by atoms with van der Waals surface area (Å²) in [6.07, 6.45) is 5.93. The second-order valence-corrected chi connectivity index (χ2v) is 5.60. The van der Waals surface area contributed by atoms with Crippen LogP contribution in [0.3, 0.4) is 0 Å². The molecule has 25 heavy (non-hydrogen) atoms. The van der Waals surface area contributed by atoms with Crippen LogP contribution in [0.25, 0.3) is 11.4 Å². The summed E-state index contributed by atoms with van der Waals surface area (Å²) in [6, 6.07) is 9.38. The zero-order valence-corrected chi connectivity index (χ0v) is 14.2. The van der Waals surface area contributed by atoms with Crippen LogP contribution in [0.2, 0.25) is 0 Å². The number of urea groups is 1. The number of anilines is 1. The monoisotopic (exact) mass is 336 g/mol. The number of benzene rings is 1. The van der Waals surface area contributed by atoms with Crippen LogP contribution >= 0.6 is 0 Å². The summed E-state index contributed by atoms with van der Waals surface area (Å²) >= 11 is 0. The fourth-order valence-electron chi connectivity index (χ4n) is 2.51. The van der Waals surface area contributed by atoms with Crippen LogP contribution in [0.4, 0.5) is 10.5 Å². The fourth-order valence-corrected chi connectivity index (χ4v) is 2.51. The van der Waals surface area contributed by atoms with Crippen LogP contribution in [0.1, 0.15) is 18.2 Å². The topological polar surface area (TPSA) is 84.7 Å². The maximum absolute atomic E-state index is 12.0. The maximum atomic E-state index is 12.0. The molecule has 7 heteroatoms. The standard InChI is InChI=1S/C18H20N6O/c1-3-16-14(12-24(2)23-16)9-21-18(25)22-15-10-19-17(20-11-15)13-7-5-4-6-8-13/h4-8,10-12H,3,9H2,1-2H3,(H2,21,22,25). The van der Waals surface area contributed by atoms with Gasteiger partial charge in [-0.25, -0.2) is 14.8 Å². The Balaban J connectivity index is 1.57. The molecule has 0 aliphatic carbocycles. The lowest BCUT2D eigenvalue weighted by atomic mass is 10.2. The van der Waals surface area contributed by atoms with Crippen LogP contribution in [0.5, 0.6) is 0 Å². The molecule has 0 fully saturated rings. The second kappa shape index (κ2) is 7.57. The molecule has 0 saturated carbocycles. The largest absolute Gasteiger partial charge is 0.334 e. The average Bonchev–Trinajstić information content (AvgIpc) is 3.01. The molecular weight excluding hydrogens is 316 g/mol. The van der Waals surface area contributed by atoms with E-state index in [0.717, 1.165) is 23.2 Å². The SMILES string of the molecule is CCc1nn(C)cc1CNC(=O)Nc1cnc(-c2ccccc2)nc1. The molecule has 3 rings (SSSR count). The van der Waals surface area contributed by atoms with Gasteiger partial charge >= 0.3 is 6.03 Å². The summed E-state index contributed by atoms with van der Waals surface area (Å²) in [4.78, 5) is 20.6. The van der Waals surface area contributed by atoms with Crippen LogP contribution < -0.4 is 10.6 Å². The highest BCUT2D eigenvalue weighted by molar-refractivity contribution is 5.88. The molecule has 0 bridgehead atoms. The third kappa shape index (κ3) is 4.20. The fraction of sp³-hybridized carbons (Fsp3) is 0.222. The molecule has 2 amide bonds. The number of rotatable bonds is 5. The van der Waals surface area contributed by atoms with Crippen molar-refractivity contribution < 1.29 is 4.79 Å². The van der Waals surface area contributed by atoms with Gasteiger partial charge in [-0.1, -0.05) is 37.3 Å². The molecule has 0 radical (unpaired) electrons. The van der Waals surface area contributed by atoms with Crippen LogP contribution in [0.15, 0.2) is 48.9 Å². The number of hydrogen-bond donors (Lipinski definition) is 2. The van der Waals surface area contributed by atoms with Crippen molar-refractivity contribution >= 4 is 11.7 Å². The number of hydrogen-bond acceptors (Lipinski definition) is 4. The molecule has 0 atom stereocenters. The van der Waals surface area contributed by atoms with Gasteiger partial charge in [0, 0.05) is 30.9 Å². The highest BCUT2D eigenvalue weighted by Crippen LogP contribution is 2.14. The molecule has 0 aliphatic heterocycles. The Kier molecular flexibility index (Phi) is 5.03. The predicted molar refractivity (Wildman–Crippen MR) is 95.9 cm³/mol. The Bertz CT molecular complexity index is 842. The molecular formula is C18H20N6O. The van der Waals surface area contributed by atoms with Crippen molar-refractivity contribution in [2.45, 2.75) is 19.9 Å². The third-order valence-electron chi connectivity index (χ3n) is 3.71. The molecule has 3 aromatic rings.